The van der Waals surface area contributed by atoms with E-state index in [1.165, 1.54) is 5.56 Å². The van der Waals surface area contributed by atoms with E-state index in [-0.39, 0.29) is 12.0 Å². The zero-order valence-electron chi connectivity index (χ0n) is 11.2. The average molecular weight is 269 g/mol. The molecule has 2 heterocycles. The molecule has 0 saturated carbocycles. The van der Waals surface area contributed by atoms with Crippen molar-refractivity contribution in [3.63, 3.8) is 0 Å². The van der Waals surface area contributed by atoms with Crippen LogP contribution in [0.5, 0.6) is 5.75 Å². The van der Waals surface area contributed by atoms with Gasteiger partial charge >= 0.3 is 0 Å². The lowest BCUT2D eigenvalue weighted by molar-refractivity contribution is 0.220. The fraction of sp³-hybridized carbons (Fsp3) is 0.400. The first kappa shape index (κ1) is 12.7. The van der Waals surface area contributed by atoms with Crippen LogP contribution in [0, 0.1) is 11.3 Å². The highest BCUT2D eigenvalue weighted by molar-refractivity contribution is 5.37. The van der Waals surface area contributed by atoms with E-state index in [0.29, 0.717) is 18.1 Å². The third-order valence-corrected chi connectivity index (χ3v) is 3.50. The summed E-state index contributed by atoms with van der Waals surface area (Å²) in [5.74, 6) is 2.15. The number of hydrogen-bond donors (Lipinski definition) is 0. The highest BCUT2D eigenvalue weighted by Gasteiger charge is 2.28. The molecule has 0 saturated heterocycles. The number of nitrogens with zero attached hydrogens (tertiary/aromatic N) is 3. The number of rotatable bonds is 4. The highest BCUT2D eigenvalue weighted by Crippen LogP contribution is 2.35. The van der Waals surface area contributed by atoms with Crippen molar-refractivity contribution in [3.8, 4) is 11.8 Å². The predicted molar refractivity (Wildman–Crippen MR) is 71.1 cm³/mol. The van der Waals surface area contributed by atoms with Crippen molar-refractivity contribution < 1.29 is 9.26 Å². The molecule has 5 heteroatoms. The summed E-state index contributed by atoms with van der Waals surface area (Å²) < 4.78 is 11.1. The van der Waals surface area contributed by atoms with E-state index in [9.17, 15) is 0 Å². The molecule has 0 N–H and O–H groups in total. The third kappa shape index (κ3) is 2.37. The van der Waals surface area contributed by atoms with Gasteiger partial charge < -0.3 is 9.26 Å². The van der Waals surface area contributed by atoms with Gasteiger partial charge in [-0.3, -0.25) is 0 Å². The van der Waals surface area contributed by atoms with Crippen LogP contribution in [0.2, 0.25) is 0 Å². The standard InChI is InChI=1S/C15H15N3O2/c1-10(5-4-8-16)15-17-14(18-20-15)13-9-11-6-2-3-7-12(11)19-13/h2-3,6-7,10,13H,4-5,9H2,1H3. The molecule has 0 spiro atoms. The summed E-state index contributed by atoms with van der Waals surface area (Å²) in [7, 11) is 0. The fourth-order valence-corrected chi connectivity index (χ4v) is 2.31. The Kier molecular flexibility index (Phi) is 3.38. The van der Waals surface area contributed by atoms with E-state index >= 15 is 0 Å². The Hall–Kier alpha value is -2.35. The van der Waals surface area contributed by atoms with Crippen LogP contribution in [0.4, 0.5) is 0 Å². The quantitative estimate of drug-likeness (QED) is 0.852. The number of ether oxygens (including phenoxy) is 1. The molecule has 5 nitrogen and oxygen atoms in total. The minimum absolute atomic E-state index is 0.0969. The van der Waals surface area contributed by atoms with Gasteiger partial charge in [-0.05, 0) is 18.1 Å². The molecule has 2 unspecified atom stereocenters. The van der Waals surface area contributed by atoms with Crippen LogP contribution in [-0.2, 0) is 6.42 Å². The monoisotopic (exact) mass is 269 g/mol. The summed E-state index contributed by atoms with van der Waals surface area (Å²) in [5.41, 5.74) is 1.17. The van der Waals surface area contributed by atoms with Crippen molar-refractivity contribution in [2.75, 3.05) is 0 Å². The average Bonchev–Trinajstić information content (AvgIpc) is 3.10. The van der Waals surface area contributed by atoms with Gasteiger partial charge in [0.15, 0.2) is 6.10 Å². The SMILES string of the molecule is CC(CCC#N)c1nc(C2Cc3ccccc3O2)no1. The molecule has 102 valence electrons. The van der Waals surface area contributed by atoms with Crippen LogP contribution in [0.15, 0.2) is 28.8 Å². The zero-order chi connectivity index (χ0) is 13.9. The van der Waals surface area contributed by atoms with Crippen molar-refractivity contribution >= 4 is 0 Å². The maximum atomic E-state index is 8.60. The van der Waals surface area contributed by atoms with Crippen molar-refractivity contribution in [1.82, 2.24) is 10.1 Å². The Morgan fingerprint density at radius 1 is 1.45 bits per heavy atom. The maximum absolute atomic E-state index is 8.60. The summed E-state index contributed by atoms with van der Waals surface area (Å²) >= 11 is 0. The summed E-state index contributed by atoms with van der Waals surface area (Å²) in [5, 5.41) is 12.6. The Morgan fingerprint density at radius 2 is 2.30 bits per heavy atom. The molecule has 1 aliphatic rings. The second-order valence-electron chi connectivity index (χ2n) is 5.01. The molecule has 0 aliphatic carbocycles. The molecule has 1 aromatic heterocycles. The van der Waals surface area contributed by atoms with Crippen molar-refractivity contribution in [2.45, 2.75) is 38.2 Å². The van der Waals surface area contributed by atoms with Gasteiger partial charge in [-0.25, -0.2) is 0 Å². The number of nitriles is 1. The number of benzene rings is 1. The van der Waals surface area contributed by atoms with Gasteiger partial charge in [-0.15, -0.1) is 0 Å². The lowest BCUT2D eigenvalue weighted by Crippen LogP contribution is -2.05. The molecule has 1 aromatic carbocycles. The van der Waals surface area contributed by atoms with Crippen molar-refractivity contribution in [1.29, 1.82) is 5.26 Å². The van der Waals surface area contributed by atoms with E-state index < -0.39 is 0 Å². The minimum Gasteiger partial charge on any atom is -0.482 e. The Bertz CT molecular complexity index is 620. The van der Waals surface area contributed by atoms with E-state index in [2.05, 4.69) is 16.2 Å². The second kappa shape index (κ2) is 5.33. The molecule has 3 rings (SSSR count). The molecule has 0 radical (unpaired) electrons. The summed E-state index contributed by atoms with van der Waals surface area (Å²) in [6, 6.07) is 10.1. The summed E-state index contributed by atoms with van der Waals surface area (Å²) in [6.07, 6.45) is 1.81. The largest absolute Gasteiger partial charge is 0.482 e. The molecular weight excluding hydrogens is 254 g/mol. The smallest absolute Gasteiger partial charge is 0.229 e. The van der Waals surface area contributed by atoms with Crippen LogP contribution in [0.3, 0.4) is 0 Å². The van der Waals surface area contributed by atoms with Gasteiger partial charge in [0.25, 0.3) is 0 Å². The topological polar surface area (TPSA) is 71.9 Å². The summed E-state index contributed by atoms with van der Waals surface area (Å²) in [6.45, 7) is 1.99. The van der Waals surface area contributed by atoms with Crippen LogP contribution < -0.4 is 4.74 Å². The van der Waals surface area contributed by atoms with Gasteiger partial charge in [0.2, 0.25) is 11.7 Å². The van der Waals surface area contributed by atoms with E-state index in [1.807, 2.05) is 31.2 Å². The van der Waals surface area contributed by atoms with Crippen molar-refractivity contribution in [2.24, 2.45) is 0 Å². The minimum atomic E-state index is -0.173. The molecule has 0 bridgehead atoms. The lowest BCUT2D eigenvalue weighted by atomic mass is 10.1. The second-order valence-corrected chi connectivity index (χ2v) is 5.01. The first-order valence-corrected chi connectivity index (χ1v) is 6.73. The molecule has 2 aromatic rings. The van der Waals surface area contributed by atoms with Crippen LogP contribution in [0.25, 0.3) is 0 Å². The molecule has 20 heavy (non-hydrogen) atoms. The number of aromatic nitrogens is 2. The zero-order valence-corrected chi connectivity index (χ0v) is 11.2. The number of fused-ring (bicyclic) bond motifs is 1. The highest BCUT2D eigenvalue weighted by atomic mass is 16.5. The Labute approximate surface area is 117 Å². The first-order valence-electron chi connectivity index (χ1n) is 6.73. The van der Waals surface area contributed by atoms with E-state index in [1.54, 1.807) is 0 Å². The van der Waals surface area contributed by atoms with Crippen LogP contribution >= 0.6 is 0 Å². The van der Waals surface area contributed by atoms with Crippen molar-refractivity contribution in [3.05, 3.63) is 41.5 Å². The molecule has 0 fully saturated rings. The fourth-order valence-electron chi connectivity index (χ4n) is 2.31. The van der Waals surface area contributed by atoms with E-state index in [4.69, 9.17) is 14.5 Å². The Balaban J connectivity index is 1.71. The maximum Gasteiger partial charge on any atom is 0.229 e. The molecular formula is C15H15N3O2. The predicted octanol–water partition coefficient (Wildman–Crippen LogP) is 3.15. The van der Waals surface area contributed by atoms with Crippen LogP contribution in [-0.4, -0.2) is 10.1 Å². The first-order chi connectivity index (χ1) is 9.78. The van der Waals surface area contributed by atoms with E-state index in [0.717, 1.165) is 18.6 Å². The normalized spacial score (nSPS) is 18.1. The third-order valence-electron chi connectivity index (χ3n) is 3.50. The van der Waals surface area contributed by atoms with Gasteiger partial charge in [-0.1, -0.05) is 30.3 Å². The number of para-hydroxylation sites is 1. The molecule has 0 amide bonds. The Morgan fingerprint density at radius 3 is 3.10 bits per heavy atom. The lowest BCUT2D eigenvalue weighted by Gasteiger charge is -2.05. The molecule has 1 aliphatic heterocycles. The summed E-state index contributed by atoms with van der Waals surface area (Å²) in [4.78, 5) is 4.42. The van der Waals surface area contributed by atoms with Gasteiger partial charge in [0, 0.05) is 18.8 Å². The van der Waals surface area contributed by atoms with Gasteiger partial charge in [-0.2, -0.15) is 10.2 Å². The van der Waals surface area contributed by atoms with Crippen LogP contribution in [0.1, 0.15) is 49.1 Å². The number of hydrogen-bond acceptors (Lipinski definition) is 5. The van der Waals surface area contributed by atoms with Gasteiger partial charge in [0.05, 0.1) is 6.07 Å². The molecule has 2 atom stereocenters. The van der Waals surface area contributed by atoms with Gasteiger partial charge in [0.1, 0.15) is 5.75 Å².